The van der Waals surface area contributed by atoms with Crippen molar-refractivity contribution >= 4 is 11.9 Å². The molecule has 2 aromatic carbocycles. The van der Waals surface area contributed by atoms with Crippen LogP contribution < -0.4 is 14.2 Å². The van der Waals surface area contributed by atoms with Gasteiger partial charge in [-0.1, -0.05) is 145 Å². The lowest BCUT2D eigenvalue weighted by Gasteiger charge is -2.38. The molecule has 85 heavy (non-hydrogen) atoms. The second-order valence-corrected chi connectivity index (χ2v) is 29.5. The minimum absolute atomic E-state index is 0.0712. The van der Waals surface area contributed by atoms with Crippen LogP contribution in [0.2, 0.25) is 0 Å². The molecule has 11 heteroatoms. The van der Waals surface area contributed by atoms with Crippen LogP contribution in [0.5, 0.6) is 23.0 Å². The number of hydrogen-bond acceptors (Lipinski definition) is 10. The molecular weight excluding hydrogens is 1060 g/mol. The van der Waals surface area contributed by atoms with Crippen LogP contribution in [-0.4, -0.2) is 132 Å². The Hall–Kier alpha value is -3.38. The zero-order valence-electron chi connectivity index (χ0n) is 58.2. The van der Waals surface area contributed by atoms with Crippen LogP contribution in [0.1, 0.15) is 255 Å². The molecule has 2 fully saturated rings. The molecule has 6 atom stereocenters. The van der Waals surface area contributed by atoms with Crippen LogP contribution in [0.3, 0.4) is 0 Å². The van der Waals surface area contributed by atoms with Gasteiger partial charge in [-0.2, -0.15) is 0 Å². The number of phenols is 1. The van der Waals surface area contributed by atoms with Crippen molar-refractivity contribution in [3.05, 3.63) is 44.5 Å². The molecule has 0 radical (unpaired) electrons. The summed E-state index contributed by atoms with van der Waals surface area (Å²) in [6, 6.07) is 0. The summed E-state index contributed by atoms with van der Waals surface area (Å²) in [7, 11) is 4.25. The van der Waals surface area contributed by atoms with Crippen molar-refractivity contribution < 1.29 is 34.0 Å². The molecule has 0 aliphatic carbocycles. The van der Waals surface area contributed by atoms with Crippen LogP contribution in [0.4, 0.5) is 0 Å². The largest absolute Gasteiger partial charge is 0.507 e. The van der Waals surface area contributed by atoms with Crippen molar-refractivity contribution in [3.8, 4) is 23.0 Å². The maximum atomic E-state index is 12.9. The fourth-order valence-electron chi connectivity index (χ4n) is 13.5. The summed E-state index contributed by atoms with van der Waals surface area (Å²) in [4.78, 5) is 32.3. The van der Waals surface area contributed by atoms with Crippen molar-refractivity contribution in [2.24, 2.45) is 35.5 Å². The molecule has 6 rings (SSSR count). The van der Waals surface area contributed by atoms with E-state index < -0.39 is 5.97 Å². The van der Waals surface area contributed by atoms with E-state index in [1.807, 2.05) is 13.8 Å². The standard InChI is InChI=1S/C37H64N2O3.C29H50O2.C8H16N2O2/c1-27(2)13-10-14-28(3)15-11-16-29(4)17-12-20-37(8)21-18-33-32(7)35(30(5)31(6)36(33)42-37)41-34(40)19-22-39-25-23-38(9)24-26-39;1-20(2)12-9-13-21(3)14-10-15-22(4)16-11-18-29(8)19-17-26-25(7)27(30)23(5)24(6)28(26)31-29;1-9-4-6-10(7-5-9)3-2-8(11)12/h27-29H,10-26H2,1-9H3;20-22,30H,9-19H2,1-8H3;2-7H2,1H3,(H,11,12)/t28-,29-,37-;21-,22-,29-;/m11./s1. The third kappa shape index (κ3) is 25.9. The van der Waals surface area contributed by atoms with Gasteiger partial charge < -0.3 is 44.0 Å². The van der Waals surface area contributed by atoms with E-state index in [0.29, 0.717) is 18.7 Å². The second kappa shape index (κ2) is 36.9. The van der Waals surface area contributed by atoms with Crippen LogP contribution in [0.15, 0.2) is 0 Å². The Kier molecular flexibility index (Phi) is 32.2. The van der Waals surface area contributed by atoms with Crippen molar-refractivity contribution in [3.63, 3.8) is 0 Å². The summed E-state index contributed by atoms with van der Waals surface area (Å²) in [5.41, 5.74) is 8.58. The maximum absolute atomic E-state index is 12.9. The lowest BCUT2D eigenvalue weighted by atomic mass is 9.83. The Bertz CT molecular complexity index is 2300. The SMILES string of the molecule is CN1CCN(CCC(=O)O)CC1.Cc1c(C)c2c(c(C)c1O)CC[C@@](C)(CCC[C@H](C)CCC[C@H](C)CCCC(C)C)O2.Cc1c(C)c2c(c(C)c1OC(=O)CCN1CCN(C)CC1)CC[C@@](C)(CCC[C@H](C)CCC[C@H](C)CCCC(C)C)O2. The minimum Gasteiger partial charge on any atom is -0.507 e. The number of rotatable bonds is 31. The van der Waals surface area contributed by atoms with Gasteiger partial charge in [-0.15, -0.1) is 0 Å². The average Bonchev–Trinajstić information content (AvgIpc) is 1.36. The third-order valence-electron chi connectivity index (χ3n) is 20.4. The third-order valence-corrected chi connectivity index (χ3v) is 20.4. The van der Waals surface area contributed by atoms with Gasteiger partial charge in [0.1, 0.15) is 34.2 Å². The second-order valence-electron chi connectivity index (χ2n) is 29.5. The van der Waals surface area contributed by atoms with Crippen molar-refractivity contribution in [2.45, 2.75) is 276 Å². The molecule has 2 aromatic rings. The Balaban J connectivity index is 0.000000313. The summed E-state index contributed by atoms with van der Waals surface area (Å²) in [6.45, 7) is 45.9. The highest BCUT2D eigenvalue weighted by molar-refractivity contribution is 5.75. The minimum atomic E-state index is -0.700. The van der Waals surface area contributed by atoms with Gasteiger partial charge in [0.25, 0.3) is 0 Å². The molecule has 0 unspecified atom stereocenters. The van der Waals surface area contributed by atoms with E-state index in [9.17, 15) is 14.7 Å². The smallest absolute Gasteiger partial charge is 0.312 e. The highest BCUT2D eigenvalue weighted by Crippen LogP contribution is 2.47. The molecule has 488 valence electrons. The van der Waals surface area contributed by atoms with Gasteiger partial charge in [-0.25, -0.2) is 0 Å². The number of nitrogens with zero attached hydrogens (tertiary/aromatic N) is 4. The highest BCUT2D eigenvalue weighted by atomic mass is 16.5. The number of carbonyl (C=O) groups is 2. The number of aromatic hydroxyl groups is 1. The van der Waals surface area contributed by atoms with Gasteiger partial charge in [0.2, 0.25) is 0 Å². The summed E-state index contributed by atoms with van der Waals surface area (Å²) in [5, 5.41) is 18.8. The zero-order chi connectivity index (χ0) is 63.0. The van der Waals surface area contributed by atoms with Gasteiger partial charge in [-0.05, 0) is 190 Å². The maximum Gasteiger partial charge on any atom is 0.312 e. The quantitative estimate of drug-likeness (QED) is 0.0555. The van der Waals surface area contributed by atoms with Crippen molar-refractivity contribution in [1.82, 2.24) is 19.6 Å². The van der Waals surface area contributed by atoms with Crippen LogP contribution in [0, 0.1) is 77.0 Å². The lowest BCUT2D eigenvalue weighted by Crippen LogP contribution is -2.45. The number of hydrogen-bond donors (Lipinski definition) is 2. The Morgan fingerprint density at radius 2 is 0.835 bits per heavy atom. The van der Waals surface area contributed by atoms with E-state index in [2.05, 4.69) is 131 Å². The molecule has 4 aliphatic heterocycles. The predicted molar refractivity (Wildman–Crippen MR) is 357 cm³/mol. The van der Waals surface area contributed by atoms with E-state index in [4.69, 9.17) is 19.3 Å². The van der Waals surface area contributed by atoms with Crippen molar-refractivity contribution in [1.29, 1.82) is 0 Å². The Morgan fingerprint density at radius 3 is 1.22 bits per heavy atom. The number of carbonyl (C=O) groups excluding carboxylic acids is 1. The Morgan fingerprint density at radius 1 is 0.482 bits per heavy atom. The molecule has 0 bridgehead atoms. The molecule has 4 heterocycles. The number of piperazine rings is 2. The summed E-state index contributed by atoms with van der Waals surface area (Å²) in [6.07, 6.45) is 28.6. The molecule has 2 saturated heterocycles. The van der Waals surface area contributed by atoms with Gasteiger partial charge in [0, 0.05) is 76.6 Å². The fraction of sp³-hybridized carbons (Fsp3) is 0.811. The molecule has 0 aromatic heterocycles. The number of phenolic OH excluding ortho intramolecular Hbond substituents is 1. The van der Waals surface area contributed by atoms with Crippen LogP contribution in [0.25, 0.3) is 0 Å². The average molecular weight is 1190 g/mol. The number of esters is 1. The fourth-order valence-corrected chi connectivity index (χ4v) is 13.5. The first-order chi connectivity index (χ1) is 40.1. The number of aliphatic carboxylic acids is 1. The van der Waals surface area contributed by atoms with Crippen LogP contribution in [-0.2, 0) is 22.4 Å². The molecule has 2 N–H and O–H groups in total. The zero-order valence-corrected chi connectivity index (χ0v) is 58.2. The molecule has 4 aliphatic rings. The Labute approximate surface area is 521 Å². The number of carboxylic acids is 1. The van der Waals surface area contributed by atoms with Crippen molar-refractivity contribution in [2.75, 3.05) is 79.5 Å². The van der Waals surface area contributed by atoms with Gasteiger partial charge >= 0.3 is 11.9 Å². The summed E-state index contributed by atoms with van der Waals surface area (Å²) in [5.74, 6) is 7.49. The summed E-state index contributed by atoms with van der Waals surface area (Å²) >= 11 is 0. The number of fused-ring (bicyclic) bond motifs is 2. The molecular formula is C74H130N4O7. The monoisotopic (exact) mass is 1190 g/mol. The molecule has 0 spiro atoms. The van der Waals surface area contributed by atoms with Gasteiger partial charge in [0.15, 0.2) is 0 Å². The summed E-state index contributed by atoms with van der Waals surface area (Å²) < 4.78 is 19.4. The topological polar surface area (TPSA) is 115 Å². The van der Waals surface area contributed by atoms with E-state index in [1.165, 1.54) is 114 Å². The van der Waals surface area contributed by atoms with Gasteiger partial charge in [-0.3, -0.25) is 9.59 Å². The predicted octanol–water partition coefficient (Wildman–Crippen LogP) is 17.2. The van der Waals surface area contributed by atoms with E-state index >= 15 is 0 Å². The molecule has 11 nitrogen and oxygen atoms in total. The number of carboxylic acid groups (broad SMARTS) is 1. The normalized spacial score (nSPS) is 20.9. The first-order valence-corrected chi connectivity index (χ1v) is 34.7. The van der Waals surface area contributed by atoms with E-state index in [1.54, 1.807) is 0 Å². The number of ether oxygens (including phenoxy) is 3. The molecule has 0 saturated carbocycles. The number of benzene rings is 2. The lowest BCUT2D eigenvalue weighted by molar-refractivity contribution is -0.137. The highest BCUT2D eigenvalue weighted by Gasteiger charge is 2.36. The molecule has 0 amide bonds. The number of likely N-dealkylation sites (N-methyl/N-ethyl adjacent to an activating group) is 2. The van der Waals surface area contributed by atoms with E-state index in [0.717, 1.165) is 184 Å². The van der Waals surface area contributed by atoms with Crippen LogP contribution >= 0.6 is 0 Å². The first kappa shape index (κ1) is 74.1. The van der Waals surface area contributed by atoms with Gasteiger partial charge in [0.05, 0.1) is 12.8 Å². The van der Waals surface area contributed by atoms with E-state index in [-0.39, 0.29) is 23.6 Å². The first-order valence-electron chi connectivity index (χ1n) is 34.7.